The van der Waals surface area contributed by atoms with Crippen LogP contribution in [0.25, 0.3) is 21.7 Å². The molecule has 1 aliphatic heterocycles. The van der Waals surface area contributed by atoms with E-state index < -0.39 is 54.6 Å². The lowest BCUT2D eigenvalue weighted by Gasteiger charge is -2.40. The molecule has 1 fully saturated rings. The number of nitrogens with zero attached hydrogens (tertiary/aromatic N) is 6. The highest BCUT2D eigenvalue weighted by atomic mass is 19.2. The quantitative estimate of drug-likeness (QED) is 0.304. The van der Waals surface area contributed by atoms with Crippen LogP contribution >= 0.6 is 0 Å². The molecule has 27 heavy (non-hydrogen) atoms. The van der Waals surface area contributed by atoms with Gasteiger partial charge in [-0.05, 0) is 17.7 Å². The maximum absolute atomic E-state index is 13.4. The average molecular weight is 386 g/mol. The summed E-state index contributed by atoms with van der Waals surface area (Å²) >= 11 is 0. The lowest BCUT2D eigenvalue weighted by molar-refractivity contribution is -0.203. The van der Waals surface area contributed by atoms with E-state index in [4.69, 9.17) is 10.3 Å². The molecule has 0 amide bonds. The highest BCUT2D eigenvalue weighted by Crippen LogP contribution is 2.31. The third-order valence-corrected chi connectivity index (χ3v) is 4.13. The van der Waals surface area contributed by atoms with Gasteiger partial charge in [0.25, 0.3) is 0 Å². The minimum absolute atomic E-state index is 0.0698. The number of aliphatic hydroxyl groups is 3. The molecule has 2 heterocycles. The van der Waals surface area contributed by atoms with Crippen molar-refractivity contribution in [2.45, 2.75) is 30.6 Å². The summed E-state index contributed by atoms with van der Waals surface area (Å²) in [4.78, 5) is 2.52. The van der Waals surface area contributed by atoms with Crippen LogP contribution in [0.2, 0.25) is 0 Å². The van der Waals surface area contributed by atoms with Crippen molar-refractivity contribution in [2.75, 3.05) is 6.61 Å². The first kappa shape index (κ1) is 19.1. The van der Waals surface area contributed by atoms with Gasteiger partial charge in [-0.3, -0.25) is 0 Å². The summed E-state index contributed by atoms with van der Waals surface area (Å²) in [7, 11) is 0. The van der Waals surface area contributed by atoms with Crippen molar-refractivity contribution in [2.24, 2.45) is 5.11 Å². The summed E-state index contributed by atoms with van der Waals surface area (Å²) in [5.74, 6) is -4.48. The van der Waals surface area contributed by atoms with Crippen molar-refractivity contribution in [1.82, 2.24) is 15.0 Å². The van der Waals surface area contributed by atoms with E-state index in [1.165, 1.54) is 0 Å². The molecular formula is C14H13F3N6O4. The fraction of sp³-hybridized carbons (Fsp3) is 0.429. The predicted molar refractivity (Wildman–Crippen MR) is 81.3 cm³/mol. The topological polar surface area (TPSA) is 149 Å². The minimum atomic E-state index is -1.63. The molecule has 3 N–H and O–H groups in total. The molecule has 144 valence electrons. The van der Waals surface area contributed by atoms with Crippen LogP contribution in [0.1, 0.15) is 6.04 Å². The first-order valence-corrected chi connectivity index (χ1v) is 7.60. The lowest BCUT2D eigenvalue weighted by atomic mass is 9.96. The molecule has 1 unspecified atom stereocenters. The van der Waals surface area contributed by atoms with Crippen LogP contribution in [0.5, 0.6) is 0 Å². The highest BCUT2D eigenvalue weighted by molar-refractivity contribution is 5.57. The molecule has 1 aromatic heterocycles. The Morgan fingerprint density at radius 2 is 1.89 bits per heavy atom. The molecular weight excluding hydrogens is 373 g/mol. The van der Waals surface area contributed by atoms with Gasteiger partial charge in [0.2, 0.25) is 0 Å². The van der Waals surface area contributed by atoms with Crippen LogP contribution < -0.4 is 0 Å². The molecule has 3 rings (SSSR count). The van der Waals surface area contributed by atoms with Crippen molar-refractivity contribution >= 4 is 0 Å². The van der Waals surface area contributed by atoms with Gasteiger partial charge in [-0.1, -0.05) is 10.3 Å². The first-order chi connectivity index (χ1) is 12.9. The summed E-state index contributed by atoms with van der Waals surface area (Å²) < 4.78 is 46.0. The monoisotopic (exact) mass is 386 g/mol. The third kappa shape index (κ3) is 3.46. The Hall–Kier alpha value is -2.70. The Bertz CT molecular complexity index is 866. The van der Waals surface area contributed by atoms with E-state index in [-0.39, 0.29) is 11.3 Å². The van der Waals surface area contributed by atoms with Gasteiger partial charge < -0.3 is 20.1 Å². The molecule has 2 aromatic rings. The van der Waals surface area contributed by atoms with E-state index in [1.807, 2.05) is 0 Å². The standard InChI is InChI=1S/C14H13F3N6O4/c15-6-1-5(2-7(16)10(6)17)8-3-23(22-19-8)11-12(25)9(4-24)27-14(13(11)26)20-21-18/h1-3,9,11-14,24-26H,4H2/t9-,11+,12+,13-,14?/m1/s1. The Labute approximate surface area is 149 Å². The first-order valence-electron chi connectivity index (χ1n) is 7.60. The largest absolute Gasteiger partial charge is 0.394 e. The fourth-order valence-corrected chi connectivity index (χ4v) is 2.80. The van der Waals surface area contributed by atoms with Gasteiger partial charge in [0, 0.05) is 10.5 Å². The molecule has 13 heteroatoms. The van der Waals surface area contributed by atoms with E-state index in [9.17, 15) is 28.5 Å². The Morgan fingerprint density at radius 3 is 2.48 bits per heavy atom. The summed E-state index contributed by atoms with van der Waals surface area (Å²) in [6.07, 6.45) is -4.49. The number of hydrogen-bond acceptors (Lipinski definition) is 7. The van der Waals surface area contributed by atoms with Gasteiger partial charge in [-0.25, -0.2) is 17.9 Å². The minimum Gasteiger partial charge on any atom is -0.394 e. The van der Waals surface area contributed by atoms with Gasteiger partial charge in [0.15, 0.2) is 23.7 Å². The number of benzene rings is 1. The van der Waals surface area contributed by atoms with Gasteiger partial charge in [-0.15, -0.1) is 5.10 Å². The van der Waals surface area contributed by atoms with E-state index in [1.54, 1.807) is 0 Å². The number of aromatic nitrogens is 3. The van der Waals surface area contributed by atoms with E-state index in [2.05, 4.69) is 20.3 Å². The second-order valence-electron chi connectivity index (χ2n) is 5.76. The molecule has 10 nitrogen and oxygen atoms in total. The third-order valence-electron chi connectivity index (χ3n) is 4.13. The van der Waals surface area contributed by atoms with Crippen molar-refractivity contribution < 1.29 is 33.2 Å². The molecule has 1 saturated heterocycles. The molecule has 1 aromatic carbocycles. The number of aliphatic hydroxyl groups excluding tert-OH is 3. The smallest absolute Gasteiger partial charge is 0.194 e. The van der Waals surface area contributed by atoms with Gasteiger partial charge >= 0.3 is 0 Å². The Balaban J connectivity index is 1.97. The molecule has 0 radical (unpaired) electrons. The van der Waals surface area contributed by atoms with Crippen LogP contribution in [0.4, 0.5) is 13.2 Å². The summed E-state index contributed by atoms with van der Waals surface area (Å²) in [5, 5.41) is 40.6. The lowest BCUT2D eigenvalue weighted by Crippen LogP contribution is -2.55. The zero-order valence-electron chi connectivity index (χ0n) is 13.4. The van der Waals surface area contributed by atoms with Crippen molar-refractivity contribution in [3.63, 3.8) is 0 Å². The second-order valence-corrected chi connectivity index (χ2v) is 5.76. The van der Waals surface area contributed by atoms with E-state index in [0.717, 1.165) is 10.9 Å². The maximum Gasteiger partial charge on any atom is 0.194 e. The van der Waals surface area contributed by atoms with Gasteiger partial charge in [-0.2, -0.15) is 0 Å². The van der Waals surface area contributed by atoms with E-state index >= 15 is 0 Å². The molecule has 5 atom stereocenters. The second kappa shape index (κ2) is 7.50. The number of hydrogen-bond donors (Lipinski definition) is 3. The Kier molecular flexibility index (Phi) is 5.30. The van der Waals surface area contributed by atoms with Crippen molar-refractivity contribution in [3.8, 4) is 11.3 Å². The van der Waals surface area contributed by atoms with Crippen molar-refractivity contribution in [3.05, 3.63) is 46.2 Å². The molecule has 0 spiro atoms. The average Bonchev–Trinajstić information content (AvgIpc) is 3.11. The summed E-state index contributed by atoms with van der Waals surface area (Å²) in [6.45, 7) is -0.641. The van der Waals surface area contributed by atoms with Crippen LogP contribution in [0.3, 0.4) is 0 Å². The van der Waals surface area contributed by atoms with Crippen LogP contribution in [-0.4, -0.2) is 61.5 Å². The van der Waals surface area contributed by atoms with Gasteiger partial charge in [0.1, 0.15) is 30.0 Å². The van der Waals surface area contributed by atoms with Crippen LogP contribution in [0, 0.1) is 17.5 Å². The summed E-state index contributed by atoms with van der Waals surface area (Å²) in [6, 6.07) is 0.175. The fourth-order valence-electron chi connectivity index (χ4n) is 2.80. The predicted octanol–water partition coefficient (Wildman–Crippen LogP) is 0.653. The molecule has 0 aliphatic carbocycles. The number of azide groups is 1. The van der Waals surface area contributed by atoms with E-state index in [0.29, 0.717) is 12.1 Å². The zero-order valence-corrected chi connectivity index (χ0v) is 13.4. The zero-order chi connectivity index (χ0) is 19.7. The molecule has 0 saturated carbocycles. The highest BCUT2D eigenvalue weighted by Gasteiger charge is 2.45. The number of rotatable bonds is 4. The SMILES string of the molecule is [N-]=[N+]=NC1O[C@H](CO)[C@H](O)[C@H](n2cc(-c3cc(F)c(F)c(F)c3)nn2)[C@H]1O. The number of halogens is 3. The Morgan fingerprint density at radius 1 is 1.22 bits per heavy atom. The molecule has 0 bridgehead atoms. The summed E-state index contributed by atoms with van der Waals surface area (Å²) in [5.41, 5.74) is 8.36. The van der Waals surface area contributed by atoms with Crippen LogP contribution in [-0.2, 0) is 4.74 Å². The molecule has 1 aliphatic rings. The number of ether oxygens (including phenoxy) is 1. The maximum atomic E-state index is 13.4. The normalized spacial score (nSPS) is 28.0. The van der Waals surface area contributed by atoms with Crippen LogP contribution in [0.15, 0.2) is 23.4 Å². The van der Waals surface area contributed by atoms with Gasteiger partial charge in [0.05, 0.1) is 12.8 Å². The van der Waals surface area contributed by atoms with Crippen molar-refractivity contribution in [1.29, 1.82) is 0 Å².